The molecule has 0 N–H and O–H groups in total. The molecule has 6 heteroatoms. The van der Waals surface area contributed by atoms with Crippen LogP contribution < -0.4 is 8.92 Å². The maximum absolute atomic E-state index is 13.5. The van der Waals surface area contributed by atoms with Crippen molar-refractivity contribution in [1.29, 1.82) is 0 Å². The first-order valence-electron chi connectivity index (χ1n) is 4.81. The third-order valence-electron chi connectivity index (χ3n) is 2.01. The van der Waals surface area contributed by atoms with Crippen molar-refractivity contribution in [2.24, 2.45) is 0 Å². The molecule has 0 aliphatic heterocycles. The molecular formula is C12H6Cl2F2Se2. The van der Waals surface area contributed by atoms with Gasteiger partial charge in [-0.05, 0) is 0 Å². The van der Waals surface area contributed by atoms with Gasteiger partial charge in [-0.2, -0.15) is 0 Å². The molecule has 0 saturated carbocycles. The van der Waals surface area contributed by atoms with Crippen LogP contribution in [0.1, 0.15) is 0 Å². The van der Waals surface area contributed by atoms with Crippen molar-refractivity contribution in [2.45, 2.75) is 0 Å². The van der Waals surface area contributed by atoms with Gasteiger partial charge < -0.3 is 0 Å². The molecule has 0 saturated heterocycles. The molecule has 2 aromatic carbocycles. The molecule has 0 aliphatic carbocycles. The maximum atomic E-state index is 13.5. The molecular weight excluding hydrogens is 411 g/mol. The minimum atomic E-state index is -0.321. The standard InChI is InChI=1S/C12H6Cl2F2Se2/c13-7-1-3-11(9(15)5-7)17-18-12-4-2-8(14)6-10(12)16/h1-6H. The number of hydrogen-bond acceptors (Lipinski definition) is 0. The average Bonchev–Trinajstić information content (AvgIpc) is 2.30. The summed E-state index contributed by atoms with van der Waals surface area (Å²) in [5, 5.41) is 0.745. The molecule has 18 heavy (non-hydrogen) atoms. The zero-order valence-electron chi connectivity index (χ0n) is 8.79. The Balaban J connectivity index is 2.11. The number of hydrogen-bond donors (Lipinski definition) is 0. The van der Waals surface area contributed by atoms with Gasteiger partial charge in [0.05, 0.1) is 0 Å². The van der Waals surface area contributed by atoms with Crippen LogP contribution in [-0.2, 0) is 0 Å². The Labute approximate surface area is 125 Å². The molecule has 0 unspecified atom stereocenters. The molecule has 0 atom stereocenters. The van der Waals surface area contributed by atoms with Crippen LogP contribution in [0.3, 0.4) is 0 Å². The van der Waals surface area contributed by atoms with Gasteiger partial charge in [0.2, 0.25) is 0 Å². The van der Waals surface area contributed by atoms with Gasteiger partial charge in [0, 0.05) is 0 Å². The summed E-state index contributed by atoms with van der Waals surface area (Å²) in [4.78, 5) is 0. The van der Waals surface area contributed by atoms with Gasteiger partial charge in [0.1, 0.15) is 0 Å². The topological polar surface area (TPSA) is 0 Å². The van der Waals surface area contributed by atoms with Gasteiger partial charge in [-0.15, -0.1) is 0 Å². The summed E-state index contributed by atoms with van der Waals surface area (Å²) in [7, 11) is 0. The van der Waals surface area contributed by atoms with Crippen molar-refractivity contribution >= 4 is 58.4 Å². The fraction of sp³-hybridized carbons (Fsp3) is 0. The Morgan fingerprint density at radius 1 is 0.722 bits per heavy atom. The molecule has 2 rings (SSSR count). The Morgan fingerprint density at radius 2 is 1.11 bits per heavy atom. The molecule has 0 bridgehead atoms. The van der Waals surface area contributed by atoms with E-state index in [4.69, 9.17) is 23.2 Å². The second-order valence-electron chi connectivity index (χ2n) is 3.32. The Morgan fingerprint density at radius 3 is 1.44 bits per heavy atom. The predicted octanol–water partition coefficient (Wildman–Crippen LogP) is 2.55. The first kappa shape index (κ1) is 14.3. The summed E-state index contributed by atoms with van der Waals surface area (Å²) >= 11 is 11.1. The van der Waals surface area contributed by atoms with Crippen LogP contribution >= 0.6 is 23.2 Å². The number of rotatable bonds is 3. The Bertz CT molecular complexity index is 524. The van der Waals surface area contributed by atoms with E-state index in [-0.39, 0.29) is 37.9 Å². The quantitative estimate of drug-likeness (QED) is 0.674. The molecule has 0 heterocycles. The normalized spacial score (nSPS) is 10.7. The van der Waals surface area contributed by atoms with E-state index in [0.717, 1.165) is 0 Å². The van der Waals surface area contributed by atoms with Crippen molar-refractivity contribution < 1.29 is 8.78 Å². The number of benzene rings is 2. The summed E-state index contributed by atoms with van der Waals surface area (Å²) in [6.45, 7) is 0. The first-order valence-corrected chi connectivity index (χ1v) is 11.6. The molecule has 0 radical (unpaired) electrons. The predicted molar refractivity (Wildman–Crippen MR) is 73.6 cm³/mol. The van der Waals surface area contributed by atoms with Crippen LogP contribution in [-0.4, -0.2) is 26.3 Å². The molecule has 2 aromatic rings. The van der Waals surface area contributed by atoms with Crippen molar-refractivity contribution in [3.05, 3.63) is 58.1 Å². The van der Waals surface area contributed by atoms with Gasteiger partial charge in [0.25, 0.3) is 0 Å². The summed E-state index contributed by atoms with van der Waals surface area (Å²) in [6.07, 6.45) is 0. The molecule has 0 aliphatic rings. The van der Waals surface area contributed by atoms with Crippen molar-refractivity contribution in [2.75, 3.05) is 0 Å². The van der Waals surface area contributed by atoms with Gasteiger partial charge in [-0.3, -0.25) is 0 Å². The average molecular weight is 417 g/mol. The van der Waals surface area contributed by atoms with Gasteiger partial charge in [0.15, 0.2) is 0 Å². The van der Waals surface area contributed by atoms with Crippen LogP contribution in [0.4, 0.5) is 8.78 Å². The van der Waals surface area contributed by atoms with Crippen LogP contribution in [0.5, 0.6) is 0 Å². The SMILES string of the molecule is Fc1cc(Cl)ccc1[Se][Se]c1ccc(Cl)cc1F. The Kier molecular flexibility index (Phi) is 5.08. The van der Waals surface area contributed by atoms with Crippen LogP contribution in [0.15, 0.2) is 36.4 Å². The molecule has 94 valence electrons. The van der Waals surface area contributed by atoms with E-state index < -0.39 is 0 Å². The van der Waals surface area contributed by atoms with Crippen molar-refractivity contribution in [1.82, 2.24) is 0 Å². The van der Waals surface area contributed by atoms with Crippen LogP contribution in [0, 0.1) is 11.6 Å². The minimum absolute atomic E-state index is 0.115. The van der Waals surface area contributed by atoms with Gasteiger partial charge in [-0.1, -0.05) is 0 Å². The van der Waals surface area contributed by atoms with E-state index in [9.17, 15) is 8.78 Å². The van der Waals surface area contributed by atoms with E-state index in [0.29, 0.717) is 19.0 Å². The van der Waals surface area contributed by atoms with E-state index in [1.807, 2.05) is 0 Å². The first-order chi connectivity index (χ1) is 8.56. The number of halogens is 4. The van der Waals surface area contributed by atoms with Crippen molar-refractivity contribution in [3.8, 4) is 0 Å². The Hall–Kier alpha value is -0.0810. The van der Waals surface area contributed by atoms with E-state index in [1.54, 1.807) is 24.3 Å². The van der Waals surface area contributed by atoms with E-state index in [2.05, 4.69) is 0 Å². The fourth-order valence-electron chi connectivity index (χ4n) is 1.18. The third-order valence-corrected chi connectivity index (χ3v) is 9.62. The molecule has 0 nitrogen and oxygen atoms in total. The molecule has 0 aromatic heterocycles. The van der Waals surface area contributed by atoms with Crippen molar-refractivity contribution in [3.63, 3.8) is 0 Å². The summed E-state index contributed by atoms with van der Waals surface area (Å²) in [6, 6.07) is 9.19. The van der Waals surface area contributed by atoms with Crippen LogP contribution in [0.25, 0.3) is 0 Å². The zero-order chi connectivity index (χ0) is 13.1. The second-order valence-corrected chi connectivity index (χ2v) is 10.4. The van der Waals surface area contributed by atoms with Gasteiger partial charge in [-0.25, -0.2) is 0 Å². The summed E-state index contributed by atoms with van der Waals surface area (Å²) < 4.78 is 28.3. The summed E-state index contributed by atoms with van der Waals surface area (Å²) in [5.41, 5.74) is 0. The monoisotopic (exact) mass is 418 g/mol. The van der Waals surface area contributed by atoms with Gasteiger partial charge >= 0.3 is 125 Å². The van der Waals surface area contributed by atoms with E-state index >= 15 is 0 Å². The van der Waals surface area contributed by atoms with Crippen LogP contribution in [0.2, 0.25) is 10.0 Å². The molecule has 0 spiro atoms. The third kappa shape index (κ3) is 3.71. The second kappa shape index (κ2) is 6.38. The van der Waals surface area contributed by atoms with E-state index in [1.165, 1.54) is 12.1 Å². The molecule has 0 amide bonds. The zero-order valence-corrected chi connectivity index (χ0v) is 13.7. The molecule has 0 fully saturated rings. The fourth-order valence-corrected chi connectivity index (χ4v) is 7.87. The summed E-state index contributed by atoms with van der Waals surface area (Å²) in [5.74, 6) is -0.641.